The van der Waals surface area contributed by atoms with Crippen LogP contribution in [0.1, 0.15) is 50.0 Å². The number of rotatable bonds is 3. The molecule has 1 aromatic rings. The Morgan fingerprint density at radius 1 is 1.11 bits per heavy atom. The van der Waals surface area contributed by atoms with E-state index in [1.165, 1.54) is 31.7 Å². The SMILES string of the molecule is NCC(c1ccc(F)cc1F)C1CCCCCC1. The molecule has 1 saturated carbocycles. The van der Waals surface area contributed by atoms with Crippen LogP contribution in [-0.2, 0) is 0 Å². The molecule has 0 saturated heterocycles. The first-order chi connectivity index (χ1) is 8.72. The fraction of sp³-hybridized carbons (Fsp3) is 0.600. The summed E-state index contributed by atoms with van der Waals surface area (Å²) in [6.07, 6.45) is 7.14. The molecule has 18 heavy (non-hydrogen) atoms. The molecule has 1 fully saturated rings. The fourth-order valence-corrected chi connectivity index (χ4v) is 3.09. The largest absolute Gasteiger partial charge is 0.330 e. The van der Waals surface area contributed by atoms with E-state index in [4.69, 9.17) is 5.73 Å². The number of hydrogen-bond donors (Lipinski definition) is 1. The van der Waals surface area contributed by atoms with Gasteiger partial charge in [-0.15, -0.1) is 0 Å². The molecule has 1 atom stereocenters. The second-order valence-electron chi connectivity index (χ2n) is 5.26. The highest BCUT2D eigenvalue weighted by Gasteiger charge is 2.25. The van der Waals surface area contributed by atoms with Crippen molar-refractivity contribution in [1.82, 2.24) is 0 Å². The van der Waals surface area contributed by atoms with Crippen LogP contribution in [0.25, 0.3) is 0 Å². The third-order valence-corrected chi connectivity index (χ3v) is 4.08. The monoisotopic (exact) mass is 253 g/mol. The normalized spacial score (nSPS) is 19.5. The van der Waals surface area contributed by atoms with Crippen LogP contribution in [0.5, 0.6) is 0 Å². The Hall–Kier alpha value is -0.960. The van der Waals surface area contributed by atoms with Gasteiger partial charge in [0, 0.05) is 12.0 Å². The smallest absolute Gasteiger partial charge is 0.129 e. The van der Waals surface area contributed by atoms with Gasteiger partial charge in [-0.1, -0.05) is 31.7 Å². The van der Waals surface area contributed by atoms with Gasteiger partial charge in [0.05, 0.1) is 0 Å². The summed E-state index contributed by atoms with van der Waals surface area (Å²) in [6, 6.07) is 3.86. The molecule has 0 heterocycles. The van der Waals surface area contributed by atoms with Gasteiger partial charge in [-0.2, -0.15) is 0 Å². The highest BCUT2D eigenvalue weighted by molar-refractivity contribution is 5.24. The zero-order valence-corrected chi connectivity index (χ0v) is 10.7. The molecule has 0 amide bonds. The van der Waals surface area contributed by atoms with Crippen LogP contribution in [0.3, 0.4) is 0 Å². The highest BCUT2D eigenvalue weighted by Crippen LogP contribution is 2.35. The van der Waals surface area contributed by atoms with E-state index < -0.39 is 11.6 Å². The van der Waals surface area contributed by atoms with E-state index in [0.717, 1.165) is 18.9 Å². The van der Waals surface area contributed by atoms with Gasteiger partial charge in [-0.05, 0) is 36.9 Å². The molecule has 1 nitrogen and oxygen atoms in total. The number of benzene rings is 1. The van der Waals surface area contributed by atoms with Crippen LogP contribution in [-0.4, -0.2) is 6.54 Å². The summed E-state index contributed by atoms with van der Waals surface area (Å²) >= 11 is 0. The van der Waals surface area contributed by atoms with Gasteiger partial charge >= 0.3 is 0 Å². The quantitative estimate of drug-likeness (QED) is 0.810. The molecule has 0 radical (unpaired) electrons. The molecule has 3 heteroatoms. The van der Waals surface area contributed by atoms with Gasteiger partial charge in [-0.25, -0.2) is 8.78 Å². The van der Waals surface area contributed by atoms with E-state index in [9.17, 15) is 8.78 Å². The molecule has 1 aliphatic rings. The van der Waals surface area contributed by atoms with Gasteiger partial charge in [0.2, 0.25) is 0 Å². The molecule has 2 N–H and O–H groups in total. The third-order valence-electron chi connectivity index (χ3n) is 4.08. The second kappa shape index (κ2) is 6.28. The number of nitrogens with two attached hydrogens (primary N) is 1. The van der Waals surface area contributed by atoms with Gasteiger partial charge in [0.25, 0.3) is 0 Å². The van der Waals surface area contributed by atoms with Crippen molar-refractivity contribution in [2.75, 3.05) is 6.54 Å². The molecule has 100 valence electrons. The summed E-state index contributed by atoms with van der Waals surface area (Å²) in [7, 11) is 0. The Morgan fingerprint density at radius 2 is 1.78 bits per heavy atom. The first kappa shape index (κ1) is 13.5. The van der Waals surface area contributed by atoms with E-state index in [2.05, 4.69) is 0 Å². The summed E-state index contributed by atoms with van der Waals surface area (Å²) in [5, 5.41) is 0. The van der Waals surface area contributed by atoms with E-state index in [1.807, 2.05) is 0 Å². The first-order valence-corrected chi connectivity index (χ1v) is 6.87. The Bertz CT molecular complexity index is 384. The highest BCUT2D eigenvalue weighted by atomic mass is 19.1. The van der Waals surface area contributed by atoms with E-state index in [0.29, 0.717) is 18.0 Å². The van der Waals surface area contributed by atoms with Gasteiger partial charge in [0.1, 0.15) is 11.6 Å². The topological polar surface area (TPSA) is 26.0 Å². The van der Waals surface area contributed by atoms with Gasteiger partial charge in [-0.3, -0.25) is 0 Å². The van der Waals surface area contributed by atoms with Crippen molar-refractivity contribution >= 4 is 0 Å². The summed E-state index contributed by atoms with van der Waals surface area (Å²) in [6.45, 7) is 0.438. The molecular formula is C15H21F2N. The maximum absolute atomic E-state index is 13.8. The van der Waals surface area contributed by atoms with Crippen LogP contribution in [0, 0.1) is 17.6 Å². The predicted octanol–water partition coefficient (Wildman–Crippen LogP) is 3.98. The standard InChI is InChI=1S/C15H21F2N/c16-12-7-8-13(15(17)9-12)14(10-18)11-5-3-1-2-4-6-11/h7-9,11,14H,1-6,10,18H2. The van der Waals surface area contributed by atoms with Crippen LogP contribution >= 0.6 is 0 Å². The van der Waals surface area contributed by atoms with E-state index in [-0.39, 0.29) is 5.92 Å². The van der Waals surface area contributed by atoms with Crippen molar-refractivity contribution in [3.63, 3.8) is 0 Å². The van der Waals surface area contributed by atoms with Crippen molar-refractivity contribution in [2.24, 2.45) is 11.7 Å². The summed E-state index contributed by atoms with van der Waals surface area (Å²) < 4.78 is 26.8. The zero-order valence-electron chi connectivity index (χ0n) is 10.7. The van der Waals surface area contributed by atoms with Crippen LogP contribution in [0.4, 0.5) is 8.78 Å². The minimum atomic E-state index is -0.520. The average Bonchev–Trinajstić information content (AvgIpc) is 2.62. The number of hydrogen-bond acceptors (Lipinski definition) is 1. The molecule has 1 unspecified atom stereocenters. The van der Waals surface area contributed by atoms with Crippen LogP contribution in [0.15, 0.2) is 18.2 Å². The second-order valence-corrected chi connectivity index (χ2v) is 5.26. The molecule has 0 bridgehead atoms. The molecular weight excluding hydrogens is 232 g/mol. The maximum atomic E-state index is 13.8. The lowest BCUT2D eigenvalue weighted by molar-refractivity contribution is 0.370. The van der Waals surface area contributed by atoms with E-state index >= 15 is 0 Å². The molecule has 0 spiro atoms. The third kappa shape index (κ3) is 3.08. The van der Waals surface area contributed by atoms with E-state index in [1.54, 1.807) is 6.07 Å². The zero-order chi connectivity index (χ0) is 13.0. The van der Waals surface area contributed by atoms with Gasteiger partial charge in [0.15, 0.2) is 0 Å². The lowest BCUT2D eigenvalue weighted by Crippen LogP contribution is -2.22. The molecule has 0 aromatic heterocycles. The van der Waals surface area contributed by atoms with Crippen molar-refractivity contribution < 1.29 is 8.78 Å². The van der Waals surface area contributed by atoms with Crippen LogP contribution in [0.2, 0.25) is 0 Å². The Kier molecular flexibility index (Phi) is 4.70. The first-order valence-electron chi connectivity index (χ1n) is 6.87. The van der Waals surface area contributed by atoms with Crippen molar-refractivity contribution in [2.45, 2.75) is 44.4 Å². The Balaban J connectivity index is 2.20. The molecule has 2 rings (SSSR count). The average molecular weight is 253 g/mol. The summed E-state index contributed by atoms with van der Waals surface area (Å²) in [5.74, 6) is -0.497. The minimum absolute atomic E-state index is 0.0312. The molecule has 1 aromatic carbocycles. The number of halogens is 2. The minimum Gasteiger partial charge on any atom is -0.330 e. The van der Waals surface area contributed by atoms with Crippen molar-refractivity contribution in [1.29, 1.82) is 0 Å². The Labute approximate surface area is 107 Å². The van der Waals surface area contributed by atoms with Crippen LogP contribution < -0.4 is 5.73 Å². The molecule has 0 aliphatic heterocycles. The maximum Gasteiger partial charge on any atom is 0.129 e. The lowest BCUT2D eigenvalue weighted by Gasteiger charge is -2.25. The fourth-order valence-electron chi connectivity index (χ4n) is 3.09. The Morgan fingerprint density at radius 3 is 2.33 bits per heavy atom. The van der Waals surface area contributed by atoms with Crippen molar-refractivity contribution in [3.05, 3.63) is 35.4 Å². The van der Waals surface area contributed by atoms with Crippen molar-refractivity contribution in [3.8, 4) is 0 Å². The lowest BCUT2D eigenvalue weighted by atomic mass is 9.81. The predicted molar refractivity (Wildman–Crippen MR) is 69.3 cm³/mol. The molecule has 1 aliphatic carbocycles. The van der Waals surface area contributed by atoms with Gasteiger partial charge < -0.3 is 5.73 Å². The summed E-state index contributed by atoms with van der Waals surface area (Å²) in [4.78, 5) is 0. The summed E-state index contributed by atoms with van der Waals surface area (Å²) in [5.41, 5.74) is 6.42.